The zero-order valence-electron chi connectivity index (χ0n) is 11.1. The third kappa shape index (κ3) is 3.01. The van der Waals surface area contributed by atoms with Crippen molar-refractivity contribution < 1.29 is 8.42 Å². The second kappa shape index (κ2) is 5.38. The molecule has 0 aliphatic heterocycles. The molecule has 0 fully saturated rings. The highest BCUT2D eigenvalue weighted by Crippen LogP contribution is 2.23. The molecule has 3 aromatic rings. The van der Waals surface area contributed by atoms with Crippen molar-refractivity contribution in [2.24, 2.45) is 0 Å². The van der Waals surface area contributed by atoms with Gasteiger partial charge in [-0.15, -0.1) is 11.3 Å². The number of hydrogen-bond acceptors (Lipinski definition) is 7. The molecular formula is C13H12N4O2S2. The third-order valence-electron chi connectivity index (χ3n) is 2.93. The number of nitrogens with one attached hydrogen (secondary N) is 1. The highest BCUT2D eigenvalue weighted by Gasteiger charge is 2.11. The van der Waals surface area contributed by atoms with Gasteiger partial charge in [-0.25, -0.2) is 23.4 Å². The Morgan fingerprint density at radius 1 is 1.24 bits per heavy atom. The molecule has 0 radical (unpaired) electrons. The standard InChI is InChI=1S/C13H12N4O2S2/c1-21(18,19)9-2-3-11-10(6-9)13(17-8-16-11)15-7-12-14-4-5-20-12/h2-6,8H,7H2,1H3,(H,15,16,17). The maximum atomic E-state index is 11.7. The van der Waals surface area contributed by atoms with Gasteiger partial charge in [-0.1, -0.05) is 0 Å². The van der Waals surface area contributed by atoms with Crippen LogP contribution in [0.25, 0.3) is 10.9 Å². The average Bonchev–Trinajstić information content (AvgIpc) is 2.96. The van der Waals surface area contributed by atoms with Crippen molar-refractivity contribution in [2.75, 3.05) is 11.6 Å². The quantitative estimate of drug-likeness (QED) is 0.792. The third-order valence-corrected chi connectivity index (χ3v) is 4.82. The molecule has 2 heterocycles. The van der Waals surface area contributed by atoms with Gasteiger partial charge in [0.15, 0.2) is 9.84 Å². The molecule has 21 heavy (non-hydrogen) atoms. The van der Waals surface area contributed by atoms with Crippen LogP contribution in [0.15, 0.2) is 41.0 Å². The average molecular weight is 320 g/mol. The summed E-state index contributed by atoms with van der Waals surface area (Å²) in [5.74, 6) is 0.598. The lowest BCUT2D eigenvalue weighted by molar-refractivity contribution is 0.602. The van der Waals surface area contributed by atoms with Gasteiger partial charge in [0.25, 0.3) is 0 Å². The van der Waals surface area contributed by atoms with E-state index in [1.165, 1.54) is 12.6 Å². The van der Waals surface area contributed by atoms with Gasteiger partial charge in [0.1, 0.15) is 17.2 Å². The number of sulfone groups is 1. The zero-order chi connectivity index (χ0) is 14.9. The first-order valence-corrected chi connectivity index (χ1v) is 8.88. The van der Waals surface area contributed by atoms with Crippen molar-refractivity contribution in [1.82, 2.24) is 15.0 Å². The highest BCUT2D eigenvalue weighted by atomic mass is 32.2. The van der Waals surface area contributed by atoms with E-state index in [9.17, 15) is 8.42 Å². The fourth-order valence-electron chi connectivity index (χ4n) is 1.91. The molecule has 1 N–H and O–H groups in total. The summed E-state index contributed by atoms with van der Waals surface area (Å²) in [6.07, 6.45) is 4.37. The van der Waals surface area contributed by atoms with Crippen molar-refractivity contribution in [3.05, 3.63) is 41.1 Å². The van der Waals surface area contributed by atoms with Crippen LogP contribution in [-0.2, 0) is 16.4 Å². The molecule has 6 nitrogen and oxygen atoms in total. The summed E-state index contributed by atoms with van der Waals surface area (Å²) in [6.45, 7) is 0.535. The van der Waals surface area contributed by atoms with Crippen LogP contribution in [0.4, 0.5) is 5.82 Å². The van der Waals surface area contributed by atoms with Crippen LogP contribution in [0.3, 0.4) is 0 Å². The van der Waals surface area contributed by atoms with Crippen molar-refractivity contribution in [2.45, 2.75) is 11.4 Å². The van der Waals surface area contributed by atoms with Crippen LogP contribution >= 0.6 is 11.3 Å². The molecule has 0 unspecified atom stereocenters. The Bertz CT molecular complexity index is 876. The van der Waals surface area contributed by atoms with Gasteiger partial charge in [-0.05, 0) is 18.2 Å². The van der Waals surface area contributed by atoms with E-state index in [1.54, 1.807) is 35.7 Å². The van der Waals surface area contributed by atoms with Gasteiger partial charge < -0.3 is 5.32 Å². The van der Waals surface area contributed by atoms with E-state index in [4.69, 9.17) is 0 Å². The van der Waals surface area contributed by atoms with E-state index in [0.29, 0.717) is 23.3 Å². The van der Waals surface area contributed by atoms with Crippen LogP contribution in [0.2, 0.25) is 0 Å². The Hall–Kier alpha value is -2.06. The van der Waals surface area contributed by atoms with Crippen LogP contribution in [0.5, 0.6) is 0 Å². The Kier molecular flexibility index (Phi) is 3.56. The van der Waals surface area contributed by atoms with E-state index < -0.39 is 9.84 Å². The van der Waals surface area contributed by atoms with Crippen molar-refractivity contribution in [3.63, 3.8) is 0 Å². The number of thiazole rings is 1. The molecule has 0 aliphatic rings. The normalized spacial score (nSPS) is 11.7. The van der Waals surface area contributed by atoms with E-state index in [2.05, 4.69) is 20.3 Å². The summed E-state index contributed by atoms with van der Waals surface area (Å²) in [7, 11) is -3.26. The summed E-state index contributed by atoms with van der Waals surface area (Å²) < 4.78 is 23.3. The van der Waals surface area contributed by atoms with E-state index in [0.717, 1.165) is 5.01 Å². The summed E-state index contributed by atoms with van der Waals surface area (Å²) in [5.41, 5.74) is 0.694. The van der Waals surface area contributed by atoms with Crippen molar-refractivity contribution in [3.8, 4) is 0 Å². The SMILES string of the molecule is CS(=O)(=O)c1ccc2ncnc(NCc3nccs3)c2c1. The number of anilines is 1. The largest absolute Gasteiger partial charge is 0.363 e. The predicted molar refractivity (Wildman–Crippen MR) is 82.1 cm³/mol. The monoisotopic (exact) mass is 320 g/mol. The first kappa shape index (κ1) is 13.9. The molecule has 0 spiro atoms. The Morgan fingerprint density at radius 3 is 2.81 bits per heavy atom. The fourth-order valence-corrected chi connectivity index (χ4v) is 3.11. The van der Waals surface area contributed by atoms with Crippen LogP contribution in [0, 0.1) is 0 Å². The molecule has 0 bridgehead atoms. The number of aromatic nitrogens is 3. The highest BCUT2D eigenvalue weighted by molar-refractivity contribution is 7.90. The maximum Gasteiger partial charge on any atom is 0.175 e. The van der Waals surface area contributed by atoms with Gasteiger partial charge in [0, 0.05) is 23.2 Å². The number of rotatable bonds is 4. The number of fused-ring (bicyclic) bond motifs is 1. The summed E-state index contributed by atoms with van der Waals surface area (Å²) >= 11 is 1.54. The molecule has 108 valence electrons. The first-order chi connectivity index (χ1) is 10.0. The van der Waals surface area contributed by atoms with Crippen LogP contribution < -0.4 is 5.32 Å². The van der Waals surface area contributed by atoms with E-state index >= 15 is 0 Å². The van der Waals surface area contributed by atoms with Crippen LogP contribution in [0.1, 0.15) is 5.01 Å². The van der Waals surface area contributed by atoms with Crippen molar-refractivity contribution >= 4 is 37.9 Å². The summed E-state index contributed by atoms with van der Waals surface area (Å²) in [4.78, 5) is 12.8. The lowest BCUT2D eigenvalue weighted by Crippen LogP contribution is -2.03. The second-order valence-corrected chi connectivity index (χ2v) is 7.45. The zero-order valence-corrected chi connectivity index (χ0v) is 12.8. The molecule has 1 aromatic carbocycles. The smallest absolute Gasteiger partial charge is 0.175 e. The van der Waals surface area contributed by atoms with Gasteiger partial charge >= 0.3 is 0 Å². The fraction of sp³-hybridized carbons (Fsp3) is 0.154. The summed E-state index contributed by atoms with van der Waals surface area (Å²) in [5, 5.41) is 6.68. The van der Waals surface area contributed by atoms with Gasteiger partial charge in [0.2, 0.25) is 0 Å². The molecule has 2 aromatic heterocycles. The van der Waals surface area contributed by atoms with Crippen LogP contribution in [-0.4, -0.2) is 29.6 Å². The van der Waals surface area contributed by atoms with Gasteiger partial charge in [-0.3, -0.25) is 0 Å². The Labute approximate surface area is 125 Å². The Morgan fingerprint density at radius 2 is 2.10 bits per heavy atom. The lowest BCUT2D eigenvalue weighted by Gasteiger charge is -2.08. The maximum absolute atomic E-state index is 11.7. The van der Waals surface area contributed by atoms with Crippen molar-refractivity contribution in [1.29, 1.82) is 0 Å². The molecule has 0 aliphatic carbocycles. The second-order valence-electron chi connectivity index (χ2n) is 4.45. The van der Waals surface area contributed by atoms with Gasteiger partial charge in [0.05, 0.1) is 17.0 Å². The lowest BCUT2D eigenvalue weighted by atomic mass is 10.2. The molecule has 0 amide bonds. The van der Waals surface area contributed by atoms with Gasteiger partial charge in [-0.2, -0.15) is 0 Å². The summed E-state index contributed by atoms with van der Waals surface area (Å²) in [6, 6.07) is 4.83. The molecule has 0 saturated carbocycles. The van der Waals surface area contributed by atoms with E-state index in [-0.39, 0.29) is 4.90 Å². The first-order valence-electron chi connectivity index (χ1n) is 6.11. The number of benzene rings is 1. The molecule has 8 heteroatoms. The predicted octanol–water partition coefficient (Wildman–Crippen LogP) is 2.10. The minimum atomic E-state index is -3.26. The molecular weight excluding hydrogens is 308 g/mol. The molecule has 0 saturated heterocycles. The van der Waals surface area contributed by atoms with E-state index in [1.807, 2.05) is 5.38 Å². The molecule has 0 atom stereocenters. The number of nitrogens with zero attached hydrogens (tertiary/aromatic N) is 3. The molecule has 3 rings (SSSR count). The Balaban J connectivity index is 2.01. The topological polar surface area (TPSA) is 84.8 Å². The number of hydrogen-bond donors (Lipinski definition) is 1. The minimum Gasteiger partial charge on any atom is -0.363 e. The minimum absolute atomic E-state index is 0.252.